The third-order valence-electron chi connectivity index (χ3n) is 3.54. The van der Waals surface area contributed by atoms with Crippen molar-refractivity contribution in [2.75, 3.05) is 0 Å². The molecule has 4 nitrogen and oxygen atoms in total. The zero-order valence-corrected chi connectivity index (χ0v) is 12.0. The van der Waals surface area contributed by atoms with Gasteiger partial charge in [0.05, 0.1) is 23.3 Å². The molecule has 4 heteroatoms. The number of aromatic nitrogens is 2. The molecule has 1 unspecified atom stereocenters. The van der Waals surface area contributed by atoms with E-state index in [9.17, 15) is 4.79 Å². The Labute approximate surface area is 122 Å². The van der Waals surface area contributed by atoms with Gasteiger partial charge in [0.15, 0.2) is 5.78 Å². The molecule has 1 atom stereocenters. The Morgan fingerprint density at radius 1 is 1.24 bits per heavy atom. The Bertz CT molecular complexity index is 797. The minimum Gasteiger partial charge on any atom is -0.465 e. The first-order valence-electron chi connectivity index (χ1n) is 6.86. The van der Waals surface area contributed by atoms with Crippen molar-refractivity contribution in [1.29, 1.82) is 0 Å². The van der Waals surface area contributed by atoms with Crippen LogP contribution in [0.15, 0.2) is 47.1 Å². The van der Waals surface area contributed by atoms with Crippen LogP contribution in [-0.4, -0.2) is 15.3 Å². The van der Waals surface area contributed by atoms with Gasteiger partial charge in [-0.3, -0.25) is 4.79 Å². The first kappa shape index (κ1) is 13.4. The molecule has 106 valence electrons. The van der Waals surface area contributed by atoms with Crippen LogP contribution in [0.25, 0.3) is 23.2 Å². The molecule has 3 rings (SSSR count). The number of furan rings is 1. The number of benzene rings is 1. The van der Waals surface area contributed by atoms with E-state index >= 15 is 0 Å². The van der Waals surface area contributed by atoms with Gasteiger partial charge >= 0.3 is 0 Å². The largest absolute Gasteiger partial charge is 0.465 e. The lowest BCUT2D eigenvalue weighted by Gasteiger charge is -2.13. The molecule has 0 aliphatic carbocycles. The summed E-state index contributed by atoms with van der Waals surface area (Å²) in [6, 6.07) is 11.3. The summed E-state index contributed by atoms with van der Waals surface area (Å²) in [5.41, 5.74) is 1.84. The van der Waals surface area contributed by atoms with Gasteiger partial charge < -0.3 is 8.98 Å². The lowest BCUT2D eigenvalue weighted by molar-refractivity contribution is -0.119. The fourth-order valence-electron chi connectivity index (χ4n) is 2.31. The Morgan fingerprint density at radius 3 is 2.76 bits per heavy atom. The molecule has 3 aromatic rings. The summed E-state index contributed by atoms with van der Waals surface area (Å²) in [5.74, 6) is 1.60. The van der Waals surface area contributed by atoms with Crippen LogP contribution in [0, 0.1) is 0 Å². The van der Waals surface area contributed by atoms with Gasteiger partial charge in [0, 0.05) is 0 Å². The normalized spacial score (nSPS) is 13.0. The second kappa shape index (κ2) is 5.40. The summed E-state index contributed by atoms with van der Waals surface area (Å²) in [6.07, 6.45) is 5.35. The highest BCUT2D eigenvalue weighted by Gasteiger charge is 2.17. The third kappa shape index (κ3) is 2.52. The van der Waals surface area contributed by atoms with E-state index in [0.717, 1.165) is 22.6 Å². The minimum absolute atomic E-state index is 0.103. The SMILES string of the molecule is CC(=O)C(C)n1c(/C=C/c2ccco2)nc2ccccc21. The molecule has 0 saturated carbocycles. The molecule has 0 N–H and O–H groups in total. The topological polar surface area (TPSA) is 48.0 Å². The zero-order valence-electron chi connectivity index (χ0n) is 12.0. The first-order chi connectivity index (χ1) is 10.2. The molecule has 0 radical (unpaired) electrons. The molecule has 1 aromatic carbocycles. The zero-order chi connectivity index (χ0) is 14.8. The van der Waals surface area contributed by atoms with Gasteiger partial charge in [0.25, 0.3) is 0 Å². The summed E-state index contributed by atoms with van der Waals surface area (Å²) in [5, 5.41) is 0. The van der Waals surface area contributed by atoms with E-state index in [-0.39, 0.29) is 11.8 Å². The van der Waals surface area contributed by atoms with Gasteiger partial charge in [-0.15, -0.1) is 0 Å². The van der Waals surface area contributed by atoms with Crippen molar-refractivity contribution in [2.45, 2.75) is 19.9 Å². The average Bonchev–Trinajstić information content (AvgIpc) is 3.11. The second-order valence-electron chi connectivity index (χ2n) is 4.96. The maximum absolute atomic E-state index is 11.8. The number of hydrogen-bond acceptors (Lipinski definition) is 3. The fourth-order valence-corrected chi connectivity index (χ4v) is 2.31. The van der Waals surface area contributed by atoms with E-state index in [1.165, 1.54) is 0 Å². The molecule has 21 heavy (non-hydrogen) atoms. The van der Waals surface area contributed by atoms with E-state index in [4.69, 9.17) is 4.42 Å². The van der Waals surface area contributed by atoms with E-state index in [2.05, 4.69) is 4.98 Å². The number of rotatable bonds is 4. The summed E-state index contributed by atoms with van der Waals surface area (Å²) in [7, 11) is 0. The molecule has 0 aliphatic rings. The van der Waals surface area contributed by atoms with Crippen molar-refractivity contribution < 1.29 is 9.21 Å². The van der Waals surface area contributed by atoms with Gasteiger partial charge in [0.1, 0.15) is 11.6 Å². The lowest BCUT2D eigenvalue weighted by Crippen LogP contribution is -2.14. The Hall–Kier alpha value is -2.62. The monoisotopic (exact) mass is 280 g/mol. The predicted octanol–water partition coefficient (Wildman–Crippen LogP) is 3.95. The maximum atomic E-state index is 11.8. The van der Waals surface area contributed by atoms with Crippen LogP contribution in [0.3, 0.4) is 0 Å². The van der Waals surface area contributed by atoms with Crippen molar-refractivity contribution in [1.82, 2.24) is 9.55 Å². The van der Waals surface area contributed by atoms with Crippen LogP contribution in [0.5, 0.6) is 0 Å². The molecule has 0 spiro atoms. The van der Waals surface area contributed by atoms with Gasteiger partial charge in [-0.25, -0.2) is 4.98 Å². The fraction of sp³-hybridized carbons (Fsp3) is 0.176. The summed E-state index contributed by atoms with van der Waals surface area (Å²) >= 11 is 0. The van der Waals surface area contributed by atoms with Gasteiger partial charge in [-0.2, -0.15) is 0 Å². The molecule has 0 amide bonds. The van der Waals surface area contributed by atoms with Gasteiger partial charge in [-0.1, -0.05) is 12.1 Å². The van der Waals surface area contributed by atoms with Crippen LogP contribution in [0.1, 0.15) is 31.5 Å². The number of imidazole rings is 1. The number of nitrogens with zero attached hydrogens (tertiary/aromatic N) is 2. The molecule has 0 bridgehead atoms. The summed E-state index contributed by atoms with van der Waals surface area (Å²) < 4.78 is 7.24. The van der Waals surface area contributed by atoms with Crippen LogP contribution < -0.4 is 0 Å². The van der Waals surface area contributed by atoms with Gasteiger partial charge in [-0.05, 0) is 50.3 Å². The van der Waals surface area contributed by atoms with E-state index in [1.807, 2.05) is 60.0 Å². The molecule has 2 aromatic heterocycles. The predicted molar refractivity (Wildman–Crippen MR) is 82.8 cm³/mol. The number of carbonyl (C=O) groups is 1. The highest BCUT2D eigenvalue weighted by molar-refractivity contribution is 5.85. The molecular weight excluding hydrogens is 264 g/mol. The Kier molecular flexibility index (Phi) is 3.44. The van der Waals surface area contributed by atoms with Crippen molar-refractivity contribution in [3.63, 3.8) is 0 Å². The minimum atomic E-state index is -0.256. The van der Waals surface area contributed by atoms with E-state index in [1.54, 1.807) is 13.2 Å². The van der Waals surface area contributed by atoms with E-state index in [0.29, 0.717) is 0 Å². The lowest BCUT2D eigenvalue weighted by atomic mass is 10.2. The summed E-state index contributed by atoms with van der Waals surface area (Å²) in [4.78, 5) is 16.4. The number of Topliss-reactive ketones (excluding diaryl/α,β-unsaturated/α-hetero) is 1. The molecule has 0 fully saturated rings. The van der Waals surface area contributed by atoms with Crippen LogP contribution in [-0.2, 0) is 4.79 Å². The van der Waals surface area contributed by atoms with Gasteiger partial charge in [0.2, 0.25) is 0 Å². The number of ketones is 1. The quantitative estimate of drug-likeness (QED) is 0.727. The Morgan fingerprint density at radius 2 is 2.05 bits per heavy atom. The average molecular weight is 280 g/mol. The Balaban J connectivity index is 2.12. The molecular formula is C17H16N2O2. The van der Waals surface area contributed by atoms with Crippen molar-refractivity contribution in [3.8, 4) is 0 Å². The molecule has 2 heterocycles. The highest BCUT2D eigenvalue weighted by Crippen LogP contribution is 2.23. The number of hydrogen-bond donors (Lipinski definition) is 0. The van der Waals surface area contributed by atoms with Crippen molar-refractivity contribution in [3.05, 3.63) is 54.2 Å². The molecule has 0 saturated heterocycles. The van der Waals surface area contributed by atoms with Crippen LogP contribution in [0.4, 0.5) is 0 Å². The standard InChI is InChI=1S/C17H16N2O2/c1-12(13(2)20)19-16-8-4-3-7-15(16)18-17(19)10-9-14-6-5-11-21-14/h3-12H,1-2H3/b10-9+. The third-order valence-corrected chi connectivity index (χ3v) is 3.54. The summed E-state index contributed by atoms with van der Waals surface area (Å²) in [6.45, 7) is 3.49. The second-order valence-corrected chi connectivity index (χ2v) is 4.96. The molecule has 0 aliphatic heterocycles. The smallest absolute Gasteiger partial charge is 0.152 e. The number of carbonyl (C=O) groups excluding carboxylic acids is 1. The van der Waals surface area contributed by atoms with Crippen LogP contribution >= 0.6 is 0 Å². The first-order valence-corrected chi connectivity index (χ1v) is 6.86. The maximum Gasteiger partial charge on any atom is 0.152 e. The number of fused-ring (bicyclic) bond motifs is 1. The van der Waals surface area contributed by atoms with Crippen LogP contribution in [0.2, 0.25) is 0 Å². The van der Waals surface area contributed by atoms with Crippen molar-refractivity contribution >= 4 is 29.0 Å². The number of para-hydroxylation sites is 2. The van der Waals surface area contributed by atoms with Crippen molar-refractivity contribution in [2.24, 2.45) is 0 Å². The van der Waals surface area contributed by atoms with E-state index < -0.39 is 0 Å². The highest BCUT2D eigenvalue weighted by atomic mass is 16.3.